The van der Waals surface area contributed by atoms with Gasteiger partial charge in [0.15, 0.2) is 0 Å². The standard InChI is InChI=1S/2C6H6N4.Cu.2NO3/c2*7-10-9-5-6-3-1-2-4-8-6;;2*2-1(3)4/h2*1-4H,5H2;;;/q;;+2;2*-1. The van der Waals surface area contributed by atoms with Gasteiger partial charge in [-0.2, -0.15) is 0 Å². The van der Waals surface area contributed by atoms with Crippen LogP contribution in [0.3, 0.4) is 0 Å². The van der Waals surface area contributed by atoms with Crippen LogP contribution in [0.15, 0.2) is 59.0 Å². The first-order valence-corrected chi connectivity index (χ1v) is 6.78. The zero-order valence-corrected chi connectivity index (χ0v) is 15.2. The Morgan fingerprint density at radius 2 is 1.10 bits per heavy atom. The number of rotatable bonds is 4. The quantitative estimate of drug-likeness (QED) is 0.164. The summed E-state index contributed by atoms with van der Waals surface area (Å²) >= 11 is 0. The third-order valence-electron chi connectivity index (χ3n) is 2.04. The molecule has 0 unspecified atom stereocenters. The van der Waals surface area contributed by atoms with E-state index in [0.717, 1.165) is 11.4 Å². The molecule has 0 aliphatic heterocycles. The fourth-order valence-electron chi connectivity index (χ4n) is 1.19. The predicted octanol–water partition coefficient (Wildman–Crippen LogP) is 3.30. The van der Waals surface area contributed by atoms with Crippen molar-refractivity contribution >= 4 is 0 Å². The third-order valence-corrected chi connectivity index (χ3v) is 2.04. The van der Waals surface area contributed by atoms with Crippen LogP contribution in [0.1, 0.15) is 11.4 Å². The molecule has 1 radical (unpaired) electrons. The Balaban J connectivity index is -0.000000336. The van der Waals surface area contributed by atoms with Crippen LogP contribution in [0, 0.1) is 30.6 Å². The van der Waals surface area contributed by atoms with E-state index in [1.807, 2.05) is 36.4 Å². The van der Waals surface area contributed by atoms with Crippen molar-refractivity contribution in [1.82, 2.24) is 9.97 Å². The van der Waals surface area contributed by atoms with E-state index in [9.17, 15) is 0 Å². The van der Waals surface area contributed by atoms with Crippen LogP contribution < -0.4 is 0 Å². The Morgan fingerprint density at radius 1 is 0.793 bits per heavy atom. The van der Waals surface area contributed by atoms with Gasteiger partial charge in [0.1, 0.15) is 0 Å². The summed E-state index contributed by atoms with van der Waals surface area (Å²) in [6.45, 7) is 0.661. The van der Waals surface area contributed by atoms with Gasteiger partial charge in [-0.1, -0.05) is 22.4 Å². The molecular formula is C12H12CuN10O6. The Hall–Kier alpha value is -4.16. The van der Waals surface area contributed by atoms with Crippen molar-refractivity contribution in [2.45, 2.75) is 13.1 Å². The van der Waals surface area contributed by atoms with E-state index in [-0.39, 0.29) is 17.1 Å². The first-order valence-electron chi connectivity index (χ1n) is 6.78. The monoisotopic (exact) mass is 455 g/mol. The number of azide groups is 2. The van der Waals surface area contributed by atoms with E-state index in [1.54, 1.807) is 12.4 Å². The maximum atomic E-state index is 8.25. The molecule has 0 amide bonds. The molecule has 29 heavy (non-hydrogen) atoms. The van der Waals surface area contributed by atoms with Crippen LogP contribution in [-0.4, -0.2) is 20.1 Å². The minimum absolute atomic E-state index is 0. The molecule has 0 N–H and O–H groups in total. The van der Waals surface area contributed by atoms with Gasteiger partial charge in [0.25, 0.3) is 0 Å². The van der Waals surface area contributed by atoms with Gasteiger partial charge in [-0.15, -0.1) is 0 Å². The molecule has 157 valence electrons. The molecule has 16 nitrogen and oxygen atoms in total. The summed E-state index contributed by atoms with van der Waals surface area (Å²) in [6.07, 6.45) is 3.34. The molecule has 0 aromatic carbocycles. The van der Waals surface area contributed by atoms with Gasteiger partial charge in [-0.05, 0) is 35.3 Å². The van der Waals surface area contributed by atoms with Gasteiger partial charge in [0.2, 0.25) is 0 Å². The number of hydrogen-bond acceptors (Lipinski definition) is 10. The Morgan fingerprint density at radius 3 is 1.31 bits per heavy atom. The van der Waals surface area contributed by atoms with Crippen molar-refractivity contribution in [2.24, 2.45) is 10.2 Å². The number of hydrogen-bond donors (Lipinski definition) is 0. The summed E-state index contributed by atoms with van der Waals surface area (Å²) in [6, 6.07) is 11.0. The number of nitrogens with zero attached hydrogens (tertiary/aromatic N) is 10. The molecule has 0 bridgehead atoms. The van der Waals surface area contributed by atoms with Crippen LogP contribution in [0.4, 0.5) is 0 Å². The van der Waals surface area contributed by atoms with E-state index in [2.05, 4.69) is 30.0 Å². The molecule has 2 heterocycles. The molecule has 0 fully saturated rings. The molecular weight excluding hydrogens is 444 g/mol. The van der Waals surface area contributed by atoms with Gasteiger partial charge < -0.3 is 30.6 Å². The van der Waals surface area contributed by atoms with E-state index >= 15 is 0 Å². The van der Waals surface area contributed by atoms with Gasteiger partial charge in [-0.3, -0.25) is 9.97 Å². The molecule has 0 atom stereocenters. The van der Waals surface area contributed by atoms with E-state index in [0.29, 0.717) is 13.1 Å². The Bertz CT molecular complexity index is 709. The van der Waals surface area contributed by atoms with Gasteiger partial charge in [-0.25, -0.2) is 0 Å². The van der Waals surface area contributed by atoms with Crippen LogP contribution in [0.25, 0.3) is 20.9 Å². The van der Waals surface area contributed by atoms with Crippen molar-refractivity contribution in [2.75, 3.05) is 0 Å². The number of pyridine rings is 2. The SMILES string of the molecule is O=[N+]([O-])[O-].O=[N+]([O-])[O-].[Cu+2].[N-]=[N+]=NCc1ccccn1.[N-]=[N+]=NCc1ccccn1. The fraction of sp³-hybridized carbons (Fsp3) is 0.167. The average Bonchev–Trinajstić information content (AvgIpc) is 2.66. The molecule has 2 aromatic heterocycles. The molecule has 0 saturated heterocycles. The maximum absolute atomic E-state index is 8.25. The summed E-state index contributed by atoms with van der Waals surface area (Å²) in [5, 5.41) is 36.2. The average molecular weight is 456 g/mol. The first-order chi connectivity index (χ1) is 13.3. The van der Waals surface area contributed by atoms with Crippen LogP contribution >= 0.6 is 0 Å². The summed E-state index contributed by atoms with van der Waals surface area (Å²) in [4.78, 5) is 29.6. The molecule has 0 aliphatic carbocycles. The first kappa shape index (κ1) is 29.6. The molecule has 0 saturated carbocycles. The van der Waals surface area contributed by atoms with Crippen LogP contribution in [-0.2, 0) is 30.2 Å². The fourth-order valence-corrected chi connectivity index (χ4v) is 1.19. The van der Waals surface area contributed by atoms with E-state index in [4.69, 9.17) is 41.7 Å². The normalized spacial score (nSPS) is 7.45. The second-order valence-electron chi connectivity index (χ2n) is 3.87. The van der Waals surface area contributed by atoms with Gasteiger partial charge >= 0.3 is 17.1 Å². The molecule has 0 aliphatic rings. The van der Waals surface area contributed by atoms with Crippen LogP contribution in [0.2, 0.25) is 0 Å². The van der Waals surface area contributed by atoms with Crippen molar-refractivity contribution in [3.05, 3.63) is 112 Å². The van der Waals surface area contributed by atoms with Crippen molar-refractivity contribution in [3.63, 3.8) is 0 Å². The minimum atomic E-state index is -1.75. The Labute approximate surface area is 172 Å². The zero-order chi connectivity index (χ0) is 21.6. The summed E-state index contributed by atoms with van der Waals surface area (Å²) < 4.78 is 0. The summed E-state index contributed by atoms with van der Waals surface area (Å²) in [5.74, 6) is 0. The molecule has 2 rings (SSSR count). The van der Waals surface area contributed by atoms with Gasteiger partial charge in [0, 0.05) is 33.6 Å². The minimum Gasteiger partial charge on any atom is -0.356 e. The van der Waals surface area contributed by atoms with Gasteiger partial charge in [0.05, 0.1) is 23.3 Å². The van der Waals surface area contributed by atoms with Crippen molar-refractivity contribution in [1.29, 1.82) is 0 Å². The number of aromatic nitrogens is 2. The Kier molecular flexibility index (Phi) is 22.3. The zero-order valence-electron chi connectivity index (χ0n) is 14.3. The second-order valence-corrected chi connectivity index (χ2v) is 3.87. The van der Waals surface area contributed by atoms with E-state index < -0.39 is 10.2 Å². The molecule has 17 heteroatoms. The topological polar surface area (TPSA) is 256 Å². The van der Waals surface area contributed by atoms with E-state index in [1.165, 1.54) is 0 Å². The third kappa shape index (κ3) is 28.9. The largest absolute Gasteiger partial charge is 2.00 e. The summed E-state index contributed by atoms with van der Waals surface area (Å²) in [7, 11) is 0. The summed E-state index contributed by atoms with van der Waals surface area (Å²) in [5.41, 5.74) is 17.5. The maximum Gasteiger partial charge on any atom is 2.00 e. The second kappa shape index (κ2) is 21.9. The van der Waals surface area contributed by atoms with Crippen LogP contribution in [0.5, 0.6) is 0 Å². The smallest absolute Gasteiger partial charge is 0.356 e. The predicted molar refractivity (Wildman–Crippen MR) is 94.9 cm³/mol. The molecule has 0 spiro atoms. The van der Waals surface area contributed by atoms with Crippen molar-refractivity contribution in [3.8, 4) is 0 Å². The molecule has 2 aromatic rings. The van der Waals surface area contributed by atoms with Crippen molar-refractivity contribution < 1.29 is 27.2 Å².